The van der Waals surface area contributed by atoms with E-state index in [1.807, 2.05) is 22.3 Å². The van der Waals surface area contributed by atoms with Crippen LogP contribution in [0, 0.1) is 0 Å². The molecule has 0 spiro atoms. The summed E-state index contributed by atoms with van der Waals surface area (Å²) in [5.74, 6) is 0.854. The van der Waals surface area contributed by atoms with Crippen molar-refractivity contribution in [3.8, 4) is 0 Å². The molecule has 0 aromatic carbocycles. The van der Waals surface area contributed by atoms with Crippen LogP contribution in [0.15, 0.2) is 24.0 Å². The minimum atomic E-state index is 0.671. The highest BCUT2D eigenvalue weighted by molar-refractivity contribution is 7.09. The Morgan fingerprint density at radius 1 is 1.44 bits per heavy atom. The Labute approximate surface area is 98.1 Å². The molecule has 2 rings (SSSR count). The molecule has 6 heteroatoms. The van der Waals surface area contributed by atoms with Crippen LogP contribution >= 0.6 is 11.3 Å². The highest BCUT2D eigenvalue weighted by atomic mass is 32.1. The van der Waals surface area contributed by atoms with Crippen molar-refractivity contribution in [3.63, 3.8) is 0 Å². The Bertz CT molecular complexity index is 412. The number of imidazole rings is 1. The zero-order valence-corrected chi connectivity index (χ0v) is 9.91. The highest BCUT2D eigenvalue weighted by Gasteiger charge is 2.03. The Balaban J connectivity index is 1.96. The van der Waals surface area contributed by atoms with Gasteiger partial charge in [0.25, 0.3) is 0 Å². The van der Waals surface area contributed by atoms with Gasteiger partial charge in [0.2, 0.25) is 5.95 Å². The first-order valence-corrected chi connectivity index (χ1v) is 5.90. The SMILES string of the molecule is COCCNc1nccn1Cc1nccs1. The molecule has 16 heavy (non-hydrogen) atoms. The third kappa shape index (κ3) is 2.80. The second kappa shape index (κ2) is 5.62. The molecule has 2 aromatic heterocycles. The van der Waals surface area contributed by atoms with E-state index in [0.717, 1.165) is 24.0 Å². The van der Waals surface area contributed by atoms with Gasteiger partial charge in [-0.1, -0.05) is 0 Å². The Morgan fingerprint density at radius 3 is 3.12 bits per heavy atom. The first kappa shape index (κ1) is 11.1. The number of thiazole rings is 1. The summed E-state index contributed by atoms with van der Waals surface area (Å²) in [5, 5.41) is 6.26. The average Bonchev–Trinajstić information content (AvgIpc) is 2.92. The average molecular weight is 238 g/mol. The molecule has 0 aliphatic rings. The first-order valence-electron chi connectivity index (χ1n) is 5.02. The monoisotopic (exact) mass is 238 g/mol. The molecule has 0 amide bonds. The number of methoxy groups -OCH3 is 1. The van der Waals surface area contributed by atoms with Crippen LogP contribution in [-0.2, 0) is 11.3 Å². The van der Waals surface area contributed by atoms with Crippen LogP contribution in [0.1, 0.15) is 5.01 Å². The number of aromatic nitrogens is 3. The number of rotatable bonds is 6. The second-order valence-electron chi connectivity index (χ2n) is 3.22. The predicted octanol–water partition coefficient (Wildman–Crippen LogP) is 1.45. The summed E-state index contributed by atoms with van der Waals surface area (Å²) in [6.45, 7) is 2.18. The molecular formula is C10H14N4OS. The molecule has 2 aromatic rings. The van der Waals surface area contributed by atoms with Gasteiger partial charge in [-0.25, -0.2) is 9.97 Å². The fraction of sp³-hybridized carbons (Fsp3) is 0.400. The van der Waals surface area contributed by atoms with Crippen LogP contribution in [-0.4, -0.2) is 34.8 Å². The maximum atomic E-state index is 4.98. The normalized spacial score (nSPS) is 10.6. The number of hydrogen-bond acceptors (Lipinski definition) is 5. The lowest BCUT2D eigenvalue weighted by Crippen LogP contribution is -2.12. The van der Waals surface area contributed by atoms with Gasteiger partial charge in [-0.05, 0) is 0 Å². The largest absolute Gasteiger partial charge is 0.383 e. The molecule has 0 radical (unpaired) electrons. The van der Waals surface area contributed by atoms with Crippen molar-refractivity contribution in [2.24, 2.45) is 0 Å². The van der Waals surface area contributed by atoms with E-state index in [1.165, 1.54) is 0 Å². The Kier molecular flexibility index (Phi) is 3.90. The summed E-state index contributed by atoms with van der Waals surface area (Å²) in [5.41, 5.74) is 0. The standard InChI is InChI=1S/C10H14N4OS/c1-15-6-3-13-10-12-2-5-14(10)8-9-11-4-7-16-9/h2,4-5,7H,3,6,8H2,1H3,(H,12,13). The summed E-state index contributed by atoms with van der Waals surface area (Å²) in [7, 11) is 1.68. The van der Waals surface area contributed by atoms with Gasteiger partial charge in [0.15, 0.2) is 0 Å². The summed E-state index contributed by atoms with van der Waals surface area (Å²) < 4.78 is 7.01. The fourth-order valence-electron chi connectivity index (χ4n) is 1.35. The lowest BCUT2D eigenvalue weighted by Gasteiger charge is -2.07. The Morgan fingerprint density at radius 2 is 2.38 bits per heavy atom. The van der Waals surface area contributed by atoms with Crippen LogP contribution < -0.4 is 5.32 Å². The molecule has 0 fully saturated rings. The number of hydrogen-bond donors (Lipinski definition) is 1. The zero-order chi connectivity index (χ0) is 11.2. The second-order valence-corrected chi connectivity index (χ2v) is 4.20. The summed E-state index contributed by atoms with van der Waals surface area (Å²) in [6, 6.07) is 0. The van der Waals surface area contributed by atoms with Crippen molar-refractivity contribution < 1.29 is 4.74 Å². The lowest BCUT2D eigenvalue weighted by molar-refractivity contribution is 0.210. The van der Waals surface area contributed by atoms with Gasteiger partial charge in [0, 0.05) is 37.6 Å². The molecular weight excluding hydrogens is 224 g/mol. The van der Waals surface area contributed by atoms with E-state index < -0.39 is 0 Å². The van der Waals surface area contributed by atoms with Crippen LogP contribution in [0.2, 0.25) is 0 Å². The smallest absolute Gasteiger partial charge is 0.203 e. The van der Waals surface area contributed by atoms with Crippen molar-refractivity contribution in [1.82, 2.24) is 14.5 Å². The molecule has 0 atom stereocenters. The molecule has 86 valence electrons. The molecule has 5 nitrogen and oxygen atoms in total. The van der Waals surface area contributed by atoms with Gasteiger partial charge in [-0.3, -0.25) is 0 Å². The molecule has 0 aliphatic carbocycles. The summed E-state index contributed by atoms with van der Waals surface area (Å²) in [6.07, 6.45) is 5.54. The van der Waals surface area contributed by atoms with E-state index in [2.05, 4.69) is 15.3 Å². The molecule has 2 heterocycles. The minimum Gasteiger partial charge on any atom is -0.383 e. The maximum absolute atomic E-state index is 4.98. The van der Waals surface area contributed by atoms with Crippen LogP contribution in [0.25, 0.3) is 0 Å². The minimum absolute atomic E-state index is 0.671. The molecule has 0 unspecified atom stereocenters. The van der Waals surface area contributed by atoms with E-state index in [0.29, 0.717) is 6.61 Å². The highest BCUT2D eigenvalue weighted by Crippen LogP contribution is 2.10. The number of ether oxygens (including phenoxy) is 1. The molecule has 0 saturated carbocycles. The first-order chi connectivity index (χ1) is 7.90. The van der Waals surface area contributed by atoms with Crippen molar-refractivity contribution in [1.29, 1.82) is 0 Å². The number of nitrogens with one attached hydrogen (secondary N) is 1. The van der Waals surface area contributed by atoms with Gasteiger partial charge in [-0.2, -0.15) is 0 Å². The van der Waals surface area contributed by atoms with E-state index in [-0.39, 0.29) is 0 Å². The van der Waals surface area contributed by atoms with Crippen molar-refractivity contribution >= 4 is 17.3 Å². The third-order valence-electron chi connectivity index (χ3n) is 2.09. The quantitative estimate of drug-likeness (QED) is 0.774. The van der Waals surface area contributed by atoms with Crippen molar-refractivity contribution in [2.45, 2.75) is 6.54 Å². The van der Waals surface area contributed by atoms with Gasteiger partial charge in [0.05, 0.1) is 13.2 Å². The molecule has 1 N–H and O–H groups in total. The van der Waals surface area contributed by atoms with Gasteiger partial charge in [-0.15, -0.1) is 11.3 Å². The van der Waals surface area contributed by atoms with Crippen LogP contribution in [0.3, 0.4) is 0 Å². The maximum Gasteiger partial charge on any atom is 0.203 e. The van der Waals surface area contributed by atoms with E-state index in [1.54, 1.807) is 24.6 Å². The summed E-state index contributed by atoms with van der Waals surface area (Å²) >= 11 is 1.65. The predicted molar refractivity (Wildman–Crippen MR) is 63.8 cm³/mol. The van der Waals surface area contributed by atoms with Crippen molar-refractivity contribution in [2.75, 3.05) is 25.6 Å². The number of anilines is 1. The topological polar surface area (TPSA) is 52.0 Å². The third-order valence-corrected chi connectivity index (χ3v) is 2.86. The number of nitrogens with zero attached hydrogens (tertiary/aromatic N) is 3. The van der Waals surface area contributed by atoms with Crippen LogP contribution in [0.4, 0.5) is 5.95 Å². The summed E-state index contributed by atoms with van der Waals surface area (Å²) in [4.78, 5) is 8.49. The molecule has 0 aliphatic heterocycles. The van der Waals surface area contributed by atoms with Gasteiger partial charge < -0.3 is 14.6 Å². The fourth-order valence-corrected chi connectivity index (χ4v) is 1.96. The van der Waals surface area contributed by atoms with E-state index in [4.69, 9.17) is 4.74 Å². The van der Waals surface area contributed by atoms with Crippen molar-refractivity contribution in [3.05, 3.63) is 29.0 Å². The molecule has 0 bridgehead atoms. The van der Waals surface area contributed by atoms with Gasteiger partial charge >= 0.3 is 0 Å². The zero-order valence-electron chi connectivity index (χ0n) is 9.09. The Hall–Kier alpha value is -1.40. The van der Waals surface area contributed by atoms with E-state index >= 15 is 0 Å². The van der Waals surface area contributed by atoms with E-state index in [9.17, 15) is 0 Å². The molecule has 0 saturated heterocycles. The van der Waals surface area contributed by atoms with Gasteiger partial charge in [0.1, 0.15) is 5.01 Å². The van der Waals surface area contributed by atoms with Crippen LogP contribution in [0.5, 0.6) is 0 Å². The lowest BCUT2D eigenvalue weighted by atomic mass is 10.6.